The highest BCUT2D eigenvalue weighted by atomic mass is 35.5. The zero-order valence-electron chi connectivity index (χ0n) is 8.90. The Morgan fingerprint density at radius 3 is 2.50 bits per heavy atom. The average molecular weight is 231 g/mol. The molecule has 1 aliphatic heterocycles. The van der Waals surface area contributed by atoms with Gasteiger partial charge in [-0.1, -0.05) is 50.3 Å². The number of hydrogen-bond donors (Lipinski definition) is 0. The van der Waals surface area contributed by atoms with Crippen LogP contribution in [0.2, 0.25) is 0 Å². The second kappa shape index (κ2) is 8.07. The highest BCUT2D eigenvalue weighted by Crippen LogP contribution is 2.18. The van der Waals surface area contributed by atoms with E-state index in [0.29, 0.717) is 10.5 Å². The van der Waals surface area contributed by atoms with Crippen LogP contribution in [0.5, 0.6) is 0 Å². The highest BCUT2D eigenvalue weighted by Gasteiger charge is 1.97. The minimum atomic E-state index is 0. The van der Waals surface area contributed by atoms with Crippen molar-refractivity contribution in [3.8, 4) is 0 Å². The summed E-state index contributed by atoms with van der Waals surface area (Å²) in [6.07, 6.45) is 14.3. The van der Waals surface area contributed by atoms with Crippen molar-refractivity contribution in [1.29, 1.82) is 0 Å². The van der Waals surface area contributed by atoms with Crippen molar-refractivity contribution >= 4 is 27.8 Å². The summed E-state index contributed by atoms with van der Waals surface area (Å²) in [4.78, 5) is 1.61. The number of halogens is 1. The molecule has 0 aromatic heterocycles. The largest absolute Gasteiger partial charge is 0.179 e. The molecule has 1 unspecified atom stereocenters. The van der Waals surface area contributed by atoms with Crippen LogP contribution in [-0.4, -0.2) is 16.4 Å². The zero-order valence-corrected chi connectivity index (χ0v) is 10.5. The minimum Gasteiger partial charge on any atom is -0.179 e. The fourth-order valence-corrected chi connectivity index (χ4v) is 3.21. The van der Waals surface area contributed by atoms with Gasteiger partial charge < -0.3 is 0 Å². The van der Waals surface area contributed by atoms with Crippen LogP contribution in [0.3, 0.4) is 0 Å². The van der Waals surface area contributed by atoms with E-state index < -0.39 is 0 Å². The van der Waals surface area contributed by atoms with Crippen molar-refractivity contribution in [3.05, 3.63) is 36.5 Å². The first kappa shape index (κ1) is 13.7. The van der Waals surface area contributed by atoms with Gasteiger partial charge in [-0.05, 0) is 17.0 Å². The molecule has 0 amide bonds. The molecule has 0 radical (unpaired) electrons. The van der Waals surface area contributed by atoms with Crippen LogP contribution in [0.15, 0.2) is 36.5 Å². The van der Waals surface area contributed by atoms with E-state index in [9.17, 15) is 0 Å². The Bertz CT molecular complexity index is 272. The summed E-state index contributed by atoms with van der Waals surface area (Å²) < 4.78 is 0. The van der Waals surface area contributed by atoms with Gasteiger partial charge in [0.25, 0.3) is 0 Å². The van der Waals surface area contributed by atoms with Crippen molar-refractivity contribution in [2.45, 2.75) is 20.3 Å². The quantitative estimate of drug-likeness (QED) is 0.630. The summed E-state index contributed by atoms with van der Waals surface area (Å²) in [5, 5.41) is 0. The predicted octanol–water partition coefficient (Wildman–Crippen LogP) is 3.96. The van der Waals surface area contributed by atoms with Crippen LogP contribution in [0, 0.1) is 0 Å². The summed E-state index contributed by atoms with van der Waals surface area (Å²) >= 11 is 0. The topological polar surface area (TPSA) is 0 Å². The summed E-state index contributed by atoms with van der Waals surface area (Å²) in [5.74, 6) is 2.49. The van der Waals surface area contributed by atoms with Gasteiger partial charge in [0.1, 0.15) is 0 Å². The molecule has 0 spiro atoms. The van der Waals surface area contributed by atoms with E-state index in [-0.39, 0.29) is 12.4 Å². The number of allylic oxidation sites excluding steroid dienone is 5. The van der Waals surface area contributed by atoms with Gasteiger partial charge in [-0.3, -0.25) is 0 Å². The zero-order chi connectivity index (χ0) is 9.52. The Hall–Kier alpha value is -0.270. The highest BCUT2D eigenvalue weighted by molar-refractivity contribution is 8.16. The molecule has 0 fully saturated rings. The second-order valence-electron chi connectivity index (χ2n) is 2.94. The molecule has 80 valence electrons. The van der Waals surface area contributed by atoms with Crippen molar-refractivity contribution in [1.82, 2.24) is 0 Å². The van der Waals surface area contributed by atoms with E-state index in [2.05, 4.69) is 50.3 Å². The maximum absolute atomic E-state index is 2.29. The van der Waals surface area contributed by atoms with Crippen LogP contribution >= 0.6 is 22.9 Å². The number of rotatable bonds is 2. The molecule has 0 saturated carbocycles. The van der Waals surface area contributed by atoms with E-state index in [1.54, 1.807) is 4.86 Å². The van der Waals surface area contributed by atoms with Crippen LogP contribution in [0.25, 0.3) is 0 Å². The maximum atomic E-state index is 2.29. The Morgan fingerprint density at radius 1 is 1.14 bits per heavy atom. The molecular formula is C12H19ClS. The summed E-state index contributed by atoms with van der Waals surface area (Å²) in [7, 11) is 0.474. The third-order valence-electron chi connectivity index (χ3n) is 2.12. The molecule has 0 aromatic carbocycles. The lowest BCUT2D eigenvalue weighted by Gasteiger charge is -2.08. The summed E-state index contributed by atoms with van der Waals surface area (Å²) in [5.41, 5.74) is 0. The Kier molecular flexibility index (Phi) is 7.92. The third kappa shape index (κ3) is 4.30. The van der Waals surface area contributed by atoms with Gasteiger partial charge in [0.15, 0.2) is 0 Å². The Labute approximate surface area is 96.1 Å². The van der Waals surface area contributed by atoms with Crippen molar-refractivity contribution in [2.75, 3.05) is 11.5 Å². The molecule has 0 aromatic rings. The summed E-state index contributed by atoms with van der Waals surface area (Å²) in [6.45, 7) is 4.53. The van der Waals surface area contributed by atoms with Crippen molar-refractivity contribution in [2.24, 2.45) is 0 Å². The number of hydrogen-bond acceptors (Lipinski definition) is 0. The van der Waals surface area contributed by atoms with Crippen molar-refractivity contribution < 1.29 is 0 Å². The second-order valence-corrected chi connectivity index (χ2v) is 5.36. The van der Waals surface area contributed by atoms with E-state index in [1.807, 2.05) is 0 Å². The molecule has 0 bridgehead atoms. The van der Waals surface area contributed by atoms with Crippen LogP contribution in [0.4, 0.5) is 0 Å². The van der Waals surface area contributed by atoms with Crippen LogP contribution in [0.1, 0.15) is 20.3 Å². The van der Waals surface area contributed by atoms with Gasteiger partial charge in [-0.25, -0.2) is 0 Å². The minimum absolute atomic E-state index is 0. The molecule has 1 atom stereocenters. The predicted molar refractivity (Wildman–Crippen MR) is 73.0 cm³/mol. The Morgan fingerprint density at radius 2 is 1.86 bits per heavy atom. The monoisotopic (exact) mass is 230 g/mol. The van der Waals surface area contributed by atoms with E-state index in [0.717, 1.165) is 0 Å². The van der Waals surface area contributed by atoms with Gasteiger partial charge in [-0.15, -0.1) is 12.4 Å². The fourth-order valence-electron chi connectivity index (χ4n) is 1.37. The van der Waals surface area contributed by atoms with Gasteiger partial charge >= 0.3 is 0 Å². The molecule has 14 heavy (non-hydrogen) atoms. The Balaban J connectivity index is 0.00000169. The molecule has 0 aliphatic carbocycles. The normalized spacial score (nSPS) is 21.0. The first-order valence-electron chi connectivity index (χ1n) is 4.91. The molecule has 0 nitrogen and oxygen atoms in total. The fraction of sp³-hybridized carbons (Fsp3) is 0.417. The third-order valence-corrected chi connectivity index (χ3v) is 4.57. The van der Waals surface area contributed by atoms with Gasteiger partial charge in [0.2, 0.25) is 0 Å². The molecule has 0 saturated heterocycles. The van der Waals surface area contributed by atoms with E-state index in [1.165, 1.54) is 17.9 Å². The standard InChI is InChI=1S/C12H18S.ClH/c1-3-12-10-8-6-5-7-9-11-13(12)4-2;/h5-10H,3-4,11H2,1-2H3;1H. The molecule has 1 rings (SSSR count). The molecule has 2 heteroatoms. The lowest BCUT2D eigenvalue weighted by molar-refractivity contribution is 1.32. The van der Waals surface area contributed by atoms with Gasteiger partial charge in [0.05, 0.1) is 0 Å². The first-order chi connectivity index (χ1) is 6.38. The van der Waals surface area contributed by atoms with Gasteiger partial charge in [0, 0.05) is 5.75 Å². The smallest absolute Gasteiger partial charge is 0.00688 e. The van der Waals surface area contributed by atoms with Crippen LogP contribution < -0.4 is 0 Å². The SMILES string of the molecule is CCC1=S(CC)CC=CC=CC=C1.Cl. The molecule has 0 N–H and O–H groups in total. The lowest BCUT2D eigenvalue weighted by Crippen LogP contribution is -1.95. The van der Waals surface area contributed by atoms with E-state index in [4.69, 9.17) is 0 Å². The summed E-state index contributed by atoms with van der Waals surface area (Å²) in [6, 6.07) is 0. The average Bonchev–Trinajstić information content (AvgIpc) is 2.28. The van der Waals surface area contributed by atoms with Gasteiger partial charge in [-0.2, -0.15) is 10.5 Å². The molecule has 1 aliphatic rings. The van der Waals surface area contributed by atoms with E-state index >= 15 is 0 Å². The first-order valence-corrected chi connectivity index (χ1v) is 6.48. The maximum Gasteiger partial charge on any atom is 0.00688 e. The van der Waals surface area contributed by atoms with Crippen molar-refractivity contribution in [3.63, 3.8) is 0 Å². The molecule has 1 heterocycles. The molecular weight excluding hydrogens is 212 g/mol. The van der Waals surface area contributed by atoms with Crippen LogP contribution in [-0.2, 0) is 0 Å². The lowest BCUT2D eigenvalue weighted by atomic mass is 10.3.